The second-order valence-corrected chi connectivity index (χ2v) is 7.13. The Bertz CT molecular complexity index is 425. The zero-order chi connectivity index (χ0) is 13.5. The van der Waals surface area contributed by atoms with Crippen molar-refractivity contribution < 1.29 is 4.79 Å². The summed E-state index contributed by atoms with van der Waals surface area (Å²) in [5, 5.41) is 3.60. The third-order valence-corrected chi connectivity index (χ3v) is 5.93. The van der Waals surface area contributed by atoms with E-state index in [2.05, 4.69) is 5.32 Å². The molecule has 2 rings (SSSR count). The number of thioether (sulfide) groups is 2. The SMILES string of the molecule is Cl.Nc1ccccc1CCC(=O)NCC1CSCCS1. The van der Waals surface area contributed by atoms with Gasteiger partial charge in [0.25, 0.3) is 0 Å². The number of rotatable bonds is 5. The van der Waals surface area contributed by atoms with Crippen molar-refractivity contribution in [1.29, 1.82) is 0 Å². The first-order valence-corrected chi connectivity index (χ1v) is 8.75. The van der Waals surface area contributed by atoms with Crippen molar-refractivity contribution in [2.24, 2.45) is 0 Å². The summed E-state index contributed by atoms with van der Waals surface area (Å²) in [7, 11) is 0. The Morgan fingerprint density at radius 3 is 2.85 bits per heavy atom. The Morgan fingerprint density at radius 2 is 2.15 bits per heavy atom. The van der Waals surface area contributed by atoms with Gasteiger partial charge >= 0.3 is 0 Å². The Balaban J connectivity index is 0.00000200. The molecule has 0 spiro atoms. The molecule has 1 saturated heterocycles. The molecular weight excluding hydrogens is 312 g/mol. The zero-order valence-corrected chi connectivity index (χ0v) is 13.8. The van der Waals surface area contributed by atoms with Crippen molar-refractivity contribution in [3.05, 3.63) is 29.8 Å². The van der Waals surface area contributed by atoms with Crippen LogP contribution in [-0.4, -0.2) is 35.0 Å². The van der Waals surface area contributed by atoms with Crippen LogP contribution in [0.3, 0.4) is 0 Å². The summed E-state index contributed by atoms with van der Waals surface area (Å²) in [5.41, 5.74) is 7.69. The van der Waals surface area contributed by atoms with Crippen LogP contribution >= 0.6 is 35.9 Å². The second kappa shape index (κ2) is 9.42. The number of aryl methyl sites for hydroxylation is 1. The maximum absolute atomic E-state index is 11.8. The number of amides is 1. The van der Waals surface area contributed by atoms with Crippen molar-refractivity contribution >= 4 is 47.5 Å². The average molecular weight is 333 g/mol. The van der Waals surface area contributed by atoms with Gasteiger partial charge in [-0.1, -0.05) is 18.2 Å². The molecule has 0 radical (unpaired) electrons. The summed E-state index contributed by atoms with van der Waals surface area (Å²) < 4.78 is 0. The molecule has 1 heterocycles. The summed E-state index contributed by atoms with van der Waals surface area (Å²) in [5.74, 6) is 3.71. The lowest BCUT2D eigenvalue weighted by Gasteiger charge is -2.21. The van der Waals surface area contributed by atoms with E-state index < -0.39 is 0 Å². The smallest absolute Gasteiger partial charge is 0.220 e. The van der Waals surface area contributed by atoms with Gasteiger partial charge in [-0.25, -0.2) is 0 Å². The molecule has 3 nitrogen and oxygen atoms in total. The van der Waals surface area contributed by atoms with E-state index in [0.29, 0.717) is 18.1 Å². The minimum Gasteiger partial charge on any atom is -0.399 e. The van der Waals surface area contributed by atoms with Crippen LogP contribution in [0.25, 0.3) is 0 Å². The molecule has 1 aromatic carbocycles. The van der Waals surface area contributed by atoms with Crippen molar-refractivity contribution in [3.63, 3.8) is 0 Å². The Labute approximate surface area is 135 Å². The van der Waals surface area contributed by atoms with Crippen LogP contribution in [0.2, 0.25) is 0 Å². The molecule has 0 bridgehead atoms. The molecule has 112 valence electrons. The van der Waals surface area contributed by atoms with Crippen LogP contribution < -0.4 is 11.1 Å². The van der Waals surface area contributed by atoms with E-state index in [4.69, 9.17) is 5.73 Å². The fourth-order valence-electron chi connectivity index (χ4n) is 1.98. The number of nitrogens with one attached hydrogen (secondary N) is 1. The van der Waals surface area contributed by atoms with Crippen LogP contribution in [0.5, 0.6) is 0 Å². The number of carbonyl (C=O) groups excluding carboxylic acids is 1. The van der Waals surface area contributed by atoms with Gasteiger partial charge < -0.3 is 11.1 Å². The predicted molar refractivity (Wildman–Crippen MR) is 93.0 cm³/mol. The molecular formula is C14H21ClN2OS2. The normalized spacial score (nSPS) is 18.1. The highest BCUT2D eigenvalue weighted by atomic mass is 35.5. The molecule has 6 heteroatoms. The summed E-state index contributed by atoms with van der Waals surface area (Å²) in [6, 6.07) is 7.73. The number of carbonyl (C=O) groups is 1. The maximum Gasteiger partial charge on any atom is 0.220 e. The lowest BCUT2D eigenvalue weighted by molar-refractivity contribution is -0.121. The number of nitrogens with two attached hydrogens (primary N) is 1. The monoisotopic (exact) mass is 332 g/mol. The van der Waals surface area contributed by atoms with E-state index in [1.54, 1.807) is 0 Å². The second-order valence-electron chi connectivity index (χ2n) is 4.57. The number of anilines is 1. The van der Waals surface area contributed by atoms with Crippen LogP contribution in [0.15, 0.2) is 24.3 Å². The highest BCUT2D eigenvalue weighted by molar-refractivity contribution is 8.06. The number of hydrogen-bond donors (Lipinski definition) is 2. The molecule has 1 amide bonds. The van der Waals surface area contributed by atoms with Crippen molar-refractivity contribution in [1.82, 2.24) is 5.32 Å². The van der Waals surface area contributed by atoms with Crippen molar-refractivity contribution in [2.45, 2.75) is 18.1 Å². The highest BCUT2D eigenvalue weighted by Crippen LogP contribution is 2.23. The number of hydrogen-bond acceptors (Lipinski definition) is 4. The lowest BCUT2D eigenvalue weighted by Crippen LogP contribution is -2.33. The maximum atomic E-state index is 11.8. The molecule has 0 aliphatic carbocycles. The van der Waals surface area contributed by atoms with Gasteiger partial charge in [-0.15, -0.1) is 12.4 Å². The van der Waals surface area contributed by atoms with Gasteiger partial charge in [0.2, 0.25) is 5.91 Å². The molecule has 0 saturated carbocycles. The lowest BCUT2D eigenvalue weighted by atomic mass is 10.1. The average Bonchev–Trinajstić information content (AvgIpc) is 2.45. The van der Waals surface area contributed by atoms with Gasteiger partial charge in [-0.3, -0.25) is 4.79 Å². The van der Waals surface area contributed by atoms with Gasteiger partial charge in [-0.2, -0.15) is 23.5 Å². The van der Waals surface area contributed by atoms with Gasteiger partial charge in [0.15, 0.2) is 0 Å². The number of benzene rings is 1. The first-order chi connectivity index (χ1) is 9.25. The molecule has 3 N–H and O–H groups in total. The van der Waals surface area contributed by atoms with E-state index in [1.807, 2.05) is 47.8 Å². The van der Waals surface area contributed by atoms with Gasteiger partial charge in [-0.05, 0) is 18.1 Å². The number of nitrogen functional groups attached to an aromatic ring is 1. The Hall–Kier alpha value is -0.520. The Morgan fingerprint density at radius 1 is 1.35 bits per heavy atom. The summed E-state index contributed by atoms with van der Waals surface area (Å²) >= 11 is 3.94. The topological polar surface area (TPSA) is 55.1 Å². The van der Waals surface area contributed by atoms with Crippen LogP contribution in [0, 0.1) is 0 Å². The molecule has 0 aromatic heterocycles. The molecule has 1 fully saturated rings. The van der Waals surface area contributed by atoms with Crippen molar-refractivity contribution in [2.75, 3.05) is 29.5 Å². The van der Waals surface area contributed by atoms with E-state index in [1.165, 1.54) is 11.5 Å². The third-order valence-electron chi connectivity index (χ3n) is 3.09. The van der Waals surface area contributed by atoms with Crippen LogP contribution in [0.1, 0.15) is 12.0 Å². The molecule has 1 atom stereocenters. The molecule has 1 aromatic rings. The number of halogens is 1. The minimum absolute atomic E-state index is 0. The minimum atomic E-state index is 0. The third kappa shape index (κ3) is 5.85. The summed E-state index contributed by atoms with van der Waals surface area (Å²) in [6.07, 6.45) is 1.23. The Kier molecular flexibility index (Phi) is 8.26. The molecule has 1 aliphatic heterocycles. The first kappa shape index (κ1) is 17.5. The van der Waals surface area contributed by atoms with Crippen LogP contribution in [0.4, 0.5) is 5.69 Å². The largest absolute Gasteiger partial charge is 0.399 e. The standard InChI is InChI=1S/C14H20N2OS2.ClH/c15-13-4-2-1-3-11(13)5-6-14(17)16-9-12-10-18-7-8-19-12;/h1-4,12H,5-10,15H2,(H,16,17);1H. The zero-order valence-electron chi connectivity index (χ0n) is 11.3. The summed E-state index contributed by atoms with van der Waals surface area (Å²) in [4.78, 5) is 11.8. The van der Waals surface area contributed by atoms with Crippen molar-refractivity contribution in [3.8, 4) is 0 Å². The van der Waals surface area contributed by atoms with Gasteiger partial charge in [0, 0.05) is 41.2 Å². The van der Waals surface area contributed by atoms with E-state index in [-0.39, 0.29) is 18.3 Å². The molecule has 1 aliphatic rings. The number of para-hydroxylation sites is 1. The van der Waals surface area contributed by atoms with Crippen LogP contribution in [-0.2, 0) is 11.2 Å². The predicted octanol–water partition coefficient (Wildman–Crippen LogP) is 2.59. The molecule has 20 heavy (non-hydrogen) atoms. The van der Waals surface area contributed by atoms with Gasteiger partial charge in [0.1, 0.15) is 0 Å². The van der Waals surface area contributed by atoms with Gasteiger partial charge in [0.05, 0.1) is 0 Å². The fraction of sp³-hybridized carbons (Fsp3) is 0.500. The van der Waals surface area contributed by atoms with E-state index in [9.17, 15) is 4.79 Å². The van der Waals surface area contributed by atoms with E-state index >= 15 is 0 Å². The van der Waals surface area contributed by atoms with E-state index in [0.717, 1.165) is 23.5 Å². The highest BCUT2D eigenvalue weighted by Gasteiger charge is 2.15. The first-order valence-electron chi connectivity index (χ1n) is 6.55. The summed E-state index contributed by atoms with van der Waals surface area (Å²) in [6.45, 7) is 0.792. The molecule has 1 unspecified atom stereocenters. The fourth-order valence-corrected chi connectivity index (χ4v) is 4.59. The quantitative estimate of drug-likeness (QED) is 0.814.